The van der Waals surface area contributed by atoms with Gasteiger partial charge in [-0.15, -0.1) is 0 Å². The maximum absolute atomic E-state index is 14.1. The third-order valence-corrected chi connectivity index (χ3v) is 7.96. The van der Waals surface area contributed by atoms with Crippen molar-refractivity contribution in [2.75, 3.05) is 19.7 Å². The van der Waals surface area contributed by atoms with Gasteiger partial charge in [0.25, 0.3) is 0 Å². The standard InChI is InChI=1S/C27H34BF2NO4/c1-26(2)27(3,4)35-28(34-26)18-5-9-21(10-6-18)33-22-13-14-31(16-22)20-8-12-25(32-17-20)23-15-19(29)7-11-24(23)30/h5-7,9-11,15,20,22,25H,8,12-14,16-17H2,1-4H3/t20-,22+,25-/m0/s1. The van der Waals surface area contributed by atoms with Gasteiger partial charge in [0.1, 0.15) is 23.5 Å². The van der Waals surface area contributed by atoms with Gasteiger partial charge in [-0.3, -0.25) is 4.90 Å². The molecule has 3 aliphatic heterocycles. The van der Waals surface area contributed by atoms with Crippen molar-refractivity contribution in [2.45, 2.75) is 76.4 Å². The van der Waals surface area contributed by atoms with E-state index in [2.05, 4.69) is 4.90 Å². The SMILES string of the molecule is CC1(C)OB(c2ccc(O[C@@H]3CCN([C@H]4CC[C@@H](c5cc(F)ccc5F)OC4)C3)cc2)OC1(C)C. The van der Waals surface area contributed by atoms with Crippen LogP contribution >= 0.6 is 0 Å². The first-order valence-electron chi connectivity index (χ1n) is 12.5. The van der Waals surface area contributed by atoms with Crippen LogP contribution in [0.2, 0.25) is 0 Å². The number of hydrogen-bond donors (Lipinski definition) is 0. The smallest absolute Gasteiger partial charge is 0.489 e. The Labute approximate surface area is 206 Å². The van der Waals surface area contributed by atoms with E-state index in [0.717, 1.165) is 43.2 Å². The Kier molecular flexibility index (Phi) is 6.68. The van der Waals surface area contributed by atoms with Gasteiger partial charge in [-0.05, 0) is 82.8 Å². The van der Waals surface area contributed by atoms with Crippen molar-refractivity contribution in [1.82, 2.24) is 4.90 Å². The maximum Gasteiger partial charge on any atom is 0.494 e. The highest BCUT2D eigenvalue weighted by Crippen LogP contribution is 2.37. The molecule has 3 aliphatic rings. The molecule has 3 fully saturated rings. The van der Waals surface area contributed by atoms with Crippen molar-refractivity contribution in [2.24, 2.45) is 0 Å². The molecule has 0 amide bonds. The fourth-order valence-electron chi connectivity index (χ4n) is 5.09. The van der Waals surface area contributed by atoms with Crippen LogP contribution < -0.4 is 10.2 Å². The van der Waals surface area contributed by atoms with Crippen LogP contribution in [-0.4, -0.2) is 55.1 Å². The number of halogens is 2. The molecule has 0 aliphatic carbocycles. The van der Waals surface area contributed by atoms with Gasteiger partial charge in [-0.2, -0.15) is 0 Å². The molecule has 0 bridgehead atoms. The summed E-state index contributed by atoms with van der Waals surface area (Å²) < 4.78 is 52.1. The number of benzene rings is 2. The van der Waals surface area contributed by atoms with Crippen LogP contribution in [0.1, 0.15) is 58.6 Å². The summed E-state index contributed by atoms with van der Waals surface area (Å²) in [5.74, 6) is -0.0108. The van der Waals surface area contributed by atoms with Gasteiger partial charge >= 0.3 is 7.12 Å². The lowest BCUT2D eigenvalue weighted by Gasteiger charge is -2.35. The average Bonchev–Trinajstić information content (AvgIpc) is 3.37. The van der Waals surface area contributed by atoms with E-state index in [9.17, 15) is 8.78 Å². The Hall–Kier alpha value is -2.00. The predicted molar refractivity (Wildman–Crippen MR) is 131 cm³/mol. The van der Waals surface area contributed by atoms with Crippen LogP contribution in [0.5, 0.6) is 5.75 Å². The van der Waals surface area contributed by atoms with Crippen molar-refractivity contribution in [3.63, 3.8) is 0 Å². The molecule has 3 heterocycles. The highest BCUT2D eigenvalue weighted by atomic mass is 19.1. The zero-order chi connectivity index (χ0) is 24.8. The fraction of sp³-hybridized carbons (Fsp3) is 0.556. The molecule has 35 heavy (non-hydrogen) atoms. The average molecular weight is 485 g/mol. The zero-order valence-electron chi connectivity index (χ0n) is 20.9. The lowest BCUT2D eigenvalue weighted by Crippen LogP contribution is -2.41. The van der Waals surface area contributed by atoms with Crippen molar-refractivity contribution >= 4 is 12.6 Å². The predicted octanol–water partition coefficient (Wildman–Crippen LogP) is 4.64. The first-order chi connectivity index (χ1) is 16.6. The summed E-state index contributed by atoms with van der Waals surface area (Å²) in [5.41, 5.74) is 0.561. The molecule has 2 aromatic rings. The van der Waals surface area contributed by atoms with E-state index in [4.69, 9.17) is 18.8 Å². The third-order valence-electron chi connectivity index (χ3n) is 7.96. The van der Waals surface area contributed by atoms with Crippen LogP contribution in [0.15, 0.2) is 42.5 Å². The Bertz CT molecular complexity index is 1020. The van der Waals surface area contributed by atoms with Gasteiger partial charge < -0.3 is 18.8 Å². The highest BCUT2D eigenvalue weighted by Gasteiger charge is 2.51. The van der Waals surface area contributed by atoms with Gasteiger partial charge in [0.2, 0.25) is 0 Å². The van der Waals surface area contributed by atoms with Gasteiger partial charge in [0, 0.05) is 24.7 Å². The van der Waals surface area contributed by atoms with E-state index in [1.807, 2.05) is 52.0 Å². The van der Waals surface area contributed by atoms with E-state index >= 15 is 0 Å². The van der Waals surface area contributed by atoms with Gasteiger partial charge in [0.15, 0.2) is 0 Å². The normalized spacial score (nSPS) is 28.4. The molecule has 0 radical (unpaired) electrons. The lowest BCUT2D eigenvalue weighted by molar-refractivity contribution is -0.0361. The summed E-state index contributed by atoms with van der Waals surface area (Å²) in [6.07, 6.45) is 2.22. The molecular weight excluding hydrogens is 451 g/mol. The Morgan fingerprint density at radius 1 is 0.943 bits per heavy atom. The molecule has 5 rings (SSSR count). The second-order valence-corrected chi connectivity index (χ2v) is 10.9. The molecule has 188 valence electrons. The summed E-state index contributed by atoms with van der Waals surface area (Å²) >= 11 is 0. The fourth-order valence-corrected chi connectivity index (χ4v) is 5.09. The quantitative estimate of drug-likeness (QED) is 0.578. The topological polar surface area (TPSA) is 40.2 Å². The minimum absolute atomic E-state index is 0.107. The molecule has 3 atom stereocenters. The minimum atomic E-state index is -0.435. The number of nitrogens with zero attached hydrogens (tertiary/aromatic N) is 1. The number of hydrogen-bond acceptors (Lipinski definition) is 5. The molecule has 0 unspecified atom stereocenters. The van der Waals surface area contributed by atoms with Gasteiger partial charge in [-0.1, -0.05) is 12.1 Å². The van der Waals surface area contributed by atoms with Crippen molar-refractivity contribution < 1.29 is 27.6 Å². The summed E-state index contributed by atoms with van der Waals surface area (Å²) in [6, 6.07) is 11.8. The van der Waals surface area contributed by atoms with Crippen LogP contribution in [0.3, 0.4) is 0 Å². The number of rotatable bonds is 5. The van der Waals surface area contributed by atoms with Crippen LogP contribution in [-0.2, 0) is 14.0 Å². The van der Waals surface area contributed by atoms with Crippen molar-refractivity contribution in [1.29, 1.82) is 0 Å². The third kappa shape index (κ3) is 5.12. The molecule has 0 saturated carbocycles. The molecule has 5 nitrogen and oxygen atoms in total. The van der Waals surface area contributed by atoms with Crippen molar-refractivity contribution in [3.05, 3.63) is 59.7 Å². The molecule has 8 heteroatoms. The lowest BCUT2D eigenvalue weighted by atomic mass is 9.79. The number of likely N-dealkylation sites (tertiary alicyclic amines) is 1. The van der Waals surface area contributed by atoms with Crippen LogP contribution in [0.4, 0.5) is 8.78 Å². The van der Waals surface area contributed by atoms with E-state index in [1.54, 1.807) is 0 Å². The molecule has 2 aromatic carbocycles. The van der Waals surface area contributed by atoms with E-state index in [-0.39, 0.29) is 36.6 Å². The van der Waals surface area contributed by atoms with E-state index in [0.29, 0.717) is 18.6 Å². The van der Waals surface area contributed by atoms with Gasteiger partial charge in [-0.25, -0.2) is 8.78 Å². The Morgan fingerprint density at radius 2 is 1.66 bits per heavy atom. The maximum atomic E-state index is 14.1. The number of ether oxygens (including phenoxy) is 2. The van der Waals surface area contributed by atoms with Crippen LogP contribution in [0, 0.1) is 11.6 Å². The molecule has 3 saturated heterocycles. The second kappa shape index (κ2) is 9.47. The largest absolute Gasteiger partial charge is 0.494 e. The first kappa shape index (κ1) is 24.7. The monoisotopic (exact) mass is 485 g/mol. The zero-order valence-corrected chi connectivity index (χ0v) is 20.9. The van der Waals surface area contributed by atoms with Crippen molar-refractivity contribution in [3.8, 4) is 5.75 Å². The molecular formula is C27H34BF2NO4. The van der Waals surface area contributed by atoms with Crippen LogP contribution in [0.25, 0.3) is 0 Å². The Morgan fingerprint density at radius 3 is 2.31 bits per heavy atom. The molecule has 0 N–H and O–H groups in total. The van der Waals surface area contributed by atoms with Gasteiger partial charge in [0.05, 0.1) is 23.9 Å². The first-order valence-corrected chi connectivity index (χ1v) is 12.5. The van der Waals surface area contributed by atoms with E-state index in [1.165, 1.54) is 12.1 Å². The molecule has 0 spiro atoms. The minimum Gasteiger partial charge on any atom is -0.489 e. The second-order valence-electron chi connectivity index (χ2n) is 10.9. The Balaban J connectivity index is 1.12. The summed E-state index contributed by atoms with van der Waals surface area (Å²) in [7, 11) is -0.382. The summed E-state index contributed by atoms with van der Waals surface area (Å²) in [4.78, 5) is 2.39. The highest BCUT2D eigenvalue weighted by molar-refractivity contribution is 6.62. The molecule has 0 aromatic heterocycles. The summed E-state index contributed by atoms with van der Waals surface area (Å²) in [5, 5.41) is 0. The summed E-state index contributed by atoms with van der Waals surface area (Å²) in [6.45, 7) is 10.5. The van der Waals surface area contributed by atoms with E-state index < -0.39 is 11.6 Å².